The molecule has 0 saturated heterocycles. The van der Waals surface area contributed by atoms with Crippen molar-refractivity contribution in [2.45, 2.75) is 0 Å². The summed E-state index contributed by atoms with van der Waals surface area (Å²) >= 11 is 0. The molecule has 0 aliphatic rings. The SMILES string of the molecule is O=C(Nc1ncnc2nc[nH]c12)c1cnco1. The number of fused-ring (bicyclic) bond motifs is 1. The Labute approximate surface area is 94.1 Å². The summed E-state index contributed by atoms with van der Waals surface area (Å²) in [5, 5.41) is 2.58. The molecule has 3 aromatic rings. The van der Waals surface area contributed by atoms with Crippen molar-refractivity contribution in [1.29, 1.82) is 0 Å². The van der Waals surface area contributed by atoms with Gasteiger partial charge in [0.1, 0.15) is 11.8 Å². The van der Waals surface area contributed by atoms with Gasteiger partial charge in [-0.15, -0.1) is 0 Å². The Kier molecular flexibility index (Phi) is 2.04. The zero-order valence-electron chi connectivity index (χ0n) is 8.41. The van der Waals surface area contributed by atoms with Gasteiger partial charge in [0.05, 0.1) is 12.5 Å². The van der Waals surface area contributed by atoms with E-state index in [-0.39, 0.29) is 5.76 Å². The van der Waals surface area contributed by atoms with E-state index >= 15 is 0 Å². The van der Waals surface area contributed by atoms with E-state index in [0.29, 0.717) is 17.0 Å². The quantitative estimate of drug-likeness (QED) is 0.666. The molecule has 0 spiro atoms. The average Bonchev–Trinajstić information content (AvgIpc) is 3.00. The highest BCUT2D eigenvalue weighted by molar-refractivity contribution is 6.04. The minimum Gasteiger partial charge on any atom is -0.438 e. The number of rotatable bonds is 2. The number of hydrogen-bond donors (Lipinski definition) is 2. The second-order valence-electron chi connectivity index (χ2n) is 3.14. The Hall–Kier alpha value is -2.77. The molecule has 1 amide bonds. The first kappa shape index (κ1) is 9.46. The van der Waals surface area contributed by atoms with Crippen molar-refractivity contribution >= 4 is 22.9 Å². The fraction of sp³-hybridized carbons (Fsp3) is 0. The van der Waals surface area contributed by atoms with E-state index in [9.17, 15) is 4.79 Å². The van der Waals surface area contributed by atoms with Crippen LogP contribution < -0.4 is 5.32 Å². The van der Waals surface area contributed by atoms with Crippen LogP contribution in [-0.2, 0) is 0 Å². The van der Waals surface area contributed by atoms with Crippen molar-refractivity contribution in [3.63, 3.8) is 0 Å². The van der Waals surface area contributed by atoms with Crippen LogP contribution in [0.5, 0.6) is 0 Å². The second kappa shape index (κ2) is 3.67. The smallest absolute Gasteiger partial charge is 0.294 e. The fourth-order valence-corrected chi connectivity index (χ4v) is 1.36. The van der Waals surface area contributed by atoms with Crippen molar-refractivity contribution in [3.05, 3.63) is 31.0 Å². The number of carbonyl (C=O) groups is 1. The van der Waals surface area contributed by atoms with Crippen LogP contribution in [0.3, 0.4) is 0 Å². The number of nitrogens with one attached hydrogen (secondary N) is 2. The van der Waals surface area contributed by atoms with Gasteiger partial charge in [0.2, 0.25) is 5.76 Å². The Bertz CT molecular complexity index is 659. The van der Waals surface area contributed by atoms with Crippen LogP contribution in [0.1, 0.15) is 10.6 Å². The van der Waals surface area contributed by atoms with E-state index < -0.39 is 5.91 Å². The van der Waals surface area contributed by atoms with Crippen LogP contribution in [0.4, 0.5) is 5.82 Å². The Morgan fingerprint density at radius 1 is 1.35 bits per heavy atom. The predicted molar refractivity (Wildman–Crippen MR) is 56.1 cm³/mol. The molecule has 2 N–H and O–H groups in total. The van der Waals surface area contributed by atoms with Crippen molar-refractivity contribution in [1.82, 2.24) is 24.9 Å². The maximum atomic E-state index is 11.7. The zero-order valence-corrected chi connectivity index (χ0v) is 8.41. The van der Waals surface area contributed by atoms with Gasteiger partial charge in [0.25, 0.3) is 5.91 Å². The van der Waals surface area contributed by atoms with E-state index in [1.807, 2.05) is 0 Å². The molecule has 3 aromatic heterocycles. The zero-order chi connectivity index (χ0) is 11.7. The third kappa shape index (κ3) is 1.61. The number of H-pyrrole nitrogens is 1. The number of hydrogen-bond acceptors (Lipinski definition) is 6. The Morgan fingerprint density at radius 2 is 2.29 bits per heavy atom. The topological polar surface area (TPSA) is 110 Å². The van der Waals surface area contributed by atoms with E-state index in [1.165, 1.54) is 25.2 Å². The molecule has 17 heavy (non-hydrogen) atoms. The van der Waals surface area contributed by atoms with Crippen molar-refractivity contribution in [3.8, 4) is 0 Å². The third-order valence-electron chi connectivity index (χ3n) is 2.11. The van der Waals surface area contributed by atoms with Crippen molar-refractivity contribution in [2.24, 2.45) is 0 Å². The standard InChI is InChI=1S/C9H6N6O2/c16-9(5-1-10-4-17-5)15-8-6-7(12-2-11-6)13-3-14-8/h1-4H,(H2,11,12,13,14,15,16). The summed E-state index contributed by atoms with van der Waals surface area (Å²) < 4.78 is 4.87. The first-order valence-corrected chi connectivity index (χ1v) is 4.68. The van der Waals surface area contributed by atoms with Crippen LogP contribution in [0, 0.1) is 0 Å². The number of aromatic amines is 1. The normalized spacial score (nSPS) is 10.6. The Balaban J connectivity index is 1.95. The van der Waals surface area contributed by atoms with Gasteiger partial charge < -0.3 is 14.7 Å². The summed E-state index contributed by atoms with van der Waals surface area (Å²) in [6, 6.07) is 0. The molecule has 0 fully saturated rings. The van der Waals surface area contributed by atoms with Gasteiger partial charge in [-0.25, -0.2) is 19.9 Å². The maximum Gasteiger partial charge on any atom is 0.294 e. The molecule has 0 radical (unpaired) electrons. The lowest BCUT2D eigenvalue weighted by Gasteiger charge is -2.01. The number of nitrogens with zero attached hydrogens (tertiary/aromatic N) is 4. The van der Waals surface area contributed by atoms with E-state index in [4.69, 9.17) is 4.42 Å². The highest BCUT2D eigenvalue weighted by atomic mass is 16.3. The molecule has 0 unspecified atom stereocenters. The summed E-state index contributed by atoms with van der Waals surface area (Å²) in [6.07, 6.45) is 5.30. The average molecular weight is 230 g/mol. The van der Waals surface area contributed by atoms with Gasteiger partial charge in [0, 0.05) is 0 Å². The van der Waals surface area contributed by atoms with Crippen LogP contribution in [0.2, 0.25) is 0 Å². The number of imidazole rings is 1. The van der Waals surface area contributed by atoms with Gasteiger partial charge in [-0.2, -0.15) is 0 Å². The lowest BCUT2D eigenvalue weighted by molar-refractivity contribution is 0.0996. The predicted octanol–water partition coefficient (Wildman–Crippen LogP) is 0.593. The van der Waals surface area contributed by atoms with Crippen LogP contribution in [0.25, 0.3) is 11.2 Å². The first-order chi connectivity index (χ1) is 8.34. The molecule has 8 heteroatoms. The molecule has 0 aromatic carbocycles. The molecule has 8 nitrogen and oxygen atoms in total. The molecule has 0 aliphatic carbocycles. The number of carbonyl (C=O) groups excluding carboxylic acids is 1. The largest absolute Gasteiger partial charge is 0.438 e. The molecule has 0 atom stereocenters. The summed E-state index contributed by atoms with van der Waals surface area (Å²) in [7, 11) is 0. The third-order valence-corrected chi connectivity index (χ3v) is 2.11. The molecular weight excluding hydrogens is 224 g/mol. The molecule has 0 aliphatic heterocycles. The van der Waals surface area contributed by atoms with Gasteiger partial charge in [-0.05, 0) is 0 Å². The molecule has 0 saturated carbocycles. The highest BCUT2D eigenvalue weighted by Gasteiger charge is 2.13. The van der Waals surface area contributed by atoms with Crippen LogP contribution >= 0.6 is 0 Å². The van der Waals surface area contributed by atoms with Gasteiger partial charge in [0.15, 0.2) is 17.9 Å². The van der Waals surface area contributed by atoms with Gasteiger partial charge in [-0.1, -0.05) is 0 Å². The fourth-order valence-electron chi connectivity index (χ4n) is 1.36. The highest BCUT2D eigenvalue weighted by Crippen LogP contribution is 2.15. The van der Waals surface area contributed by atoms with E-state index in [0.717, 1.165) is 0 Å². The number of anilines is 1. The summed E-state index contributed by atoms with van der Waals surface area (Å²) in [6.45, 7) is 0. The van der Waals surface area contributed by atoms with Gasteiger partial charge >= 0.3 is 0 Å². The molecule has 3 rings (SSSR count). The summed E-state index contributed by atoms with van der Waals surface area (Å²) in [4.78, 5) is 30.0. The lowest BCUT2D eigenvalue weighted by atomic mass is 10.4. The number of aromatic nitrogens is 5. The van der Waals surface area contributed by atoms with Crippen molar-refractivity contribution < 1.29 is 9.21 Å². The lowest BCUT2D eigenvalue weighted by Crippen LogP contribution is -2.12. The summed E-state index contributed by atoms with van der Waals surface area (Å²) in [5.41, 5.74) is 1.04. The molecule has 84 valence electrons. The van der Waals surface area contributed by atoms with E-state index in [1.54, 1.807) is 0 Å². The second-order valence-corrected chi connectivity index (χ2v) is 3.14. The van der Waals surface area contributed by atoms with Gasteiger partial charge in [-0.3, -0.25) is 4.79 Å². The monoisotopic (exact) mass is 230 g/mol. The Morgan fingerprint density at radius 3 is 3.12 bits per heavy atom. The maximum absolute atomic E-state index is 11.7. The van der Waals surface area contributed by atoms with Crippen LogP contribution in [0.15, 0.2) is 29.7 Å². The van der Waals surface area contributed by atoms with E-state index in [2.05, 4.69) is 30.2 Å². The first-order valence-electron chi connectivity index (χ1n) is 4.68. The molecule has 0 bridgehead atoms. The molecule has 3 heterocycles. The summed E-state index contributed by atoms with van der Waals surface area (Å²) in [5.74, 6) is 0.0160. The number of oxazole rings is 1. The van der Waals surface area contributed by atoms with Crippen molar-refractivity contribution in [2.75, 3.05) is 5.32 Å². The van der Waals surface area contributed by atoms with Crippen LogP contribution in [-0.4, -0.2) is 30.8 Å². The minimum absolute atomic E-state index is 0.108. The molecular formula is C9H6N6O2. The minimum atomic E-state index is -0.433. The number of amides is 1.